The van der Waals surface area contributed by atoms with Crippen LogP contribution in [0.25, 0.3) is 0 Å². The summed E-state index contributed by atoms with van der Waals surface area (Å²) < 4.78 is 4.87. The van der Waals surface area contributed by atoms with Gasteiger partial charge in [0.15, 0.2) is 0 Å². The van der Waals surface area contributed by atoms with Crippen molar-refractivity contribution in [2.24, 2.45) is 5.92 Å². The second-order valence-electron chi connectivity index (χ2n) is 4.75. The molecule has 1 saturated heterocycles. The highest BCUT2D eigenvalue weighted by atomic mass is 16.5. The lowest BCUT2D eigenvalue weighted by Gasteiger charge is -2.28. The van der Waals surface area contributed by atoms with Crippen molar-refractivity contribution in [2.45, 2.75) is 25.4 Å². The van der Waals surface area contributed by atoms with Crippen molar-refractivity contribution in [3.63, 3.8) is 0 Å². The van der Waals surface area contributed by atoms with E-state index < -0.39 is 17.5 Å². The molecule has 6 nitrogen and oxygen atoms in total. The fourth-order valence-electron chi connectivity index (χ4n) is 1.90. The third kappa shape index (κ3) is 3.98. The number of methoxy groups -OCH3 is 1. The molecule has 2 atom stereocenters. The summed E-state index contributed by atoms with van der Waals surface area (Å²) >= 11 is 0. The summed E-state index contributed by atoms with van der Waals surface area (Å²) in [7, 11) is 1.54. The monoisotopic (exact) mass is 245 g/mol. The van der Waals surface area contributed by atoms with Crippen LogP contribution in [-0.2, 0) is 14.3 Å². The van der Waals surface area contributed by atoms with Gasteiger partial charge in [-0.15, -0.1) is 0 Å². The minimum Gasteiger partial charge on any atom is -0.481 e. The molecule has 6 heteroatoms. The second kappa shape index (κ2) is 5.46. The number of ether oxygens (including phenoxy) is 1. The number of rotatable bonds is 6. The minimum absolute atomic E-state index is 0.0235. The maximum atomic E-state index is 11.6. The van der Waals surface area contributed by atoms with Crippen LogP contribution in [0.1, 0.15) is 19.8 Å². The number of carbonyl (C=O) groups is 2. The number of amides is 1. The third-order valence-electron chi connectivity index (χ3n) is 2.94. The fraction of sp³-hybridized carbons (Fsp3) is 0.818. The van der Waals surface area contributed by atoms with Gasteiger partial charge in [0.1, 0.15) is 0 Å². The van der Waals surface area contributed by atoms with Gasteiger partial charge in [-0.05, 0) is 6.92 Å². The molecule has 17 heavy (non-hydrogen) atoms. The lowest BCUT2D eigenvalue weighted by atomic mass is 10.0. The first-order valence-electron chi connectivity index (χ1n) is 5.57. The first-order valence-corrected chi connectivity index (χ1v) is 5.57. The molecule has 1 fully saturated rings. The standard InChI is InChI=1S/C11H19NO5/c1-11(16,3-4-17-2)7-12-6-8(10(14)15)5-9(12)13/h8,16H,3-7H2,1-2H3,(H,14,15). The number of carbonyl (C=O) groups excluding carboxylic acids is 1. The molecule has 1 amide bonds. The van der Waals surface area contributed by atoms with Crippen molar-refractivity contribution in [1.82, 2.24) is 4.90 Å². The van der Waals surface area contributed by atoms with Crippen LogP contribution in [0.2, 0.25) is 0 Å². The molecule has 1 aliphatic heterocycles. The van der Waals surface area contributed by atoms with Gasteiger partial charge in [-0.3, -0.25) is 9.59 Å². The number of aliphatic carboxylic acids is 1. The molecule has 0 radical (unpaired) electrons. The van der Waals surface area contributed by atoms with Gasteiger partial charge in [0.25, 0.3) is 0 Å². The number of β-amino-alcohol motifs (C(OH)–C–C–N with tert-alkyl or cyclic N) is 1. The Bertz CT molecular complexity index is 302. The predicted octanol–water partition coefficient (Wildman–Crippen LogP) is -0.293. The topological polar surface area (TPSA) is 87.1 Å². The van der Waals surface area contributed by atoms with Crippen LogP contribution in [-0.4, -0.2) is 59.4 Å². The van der Waals surface area contributed by atoms with Crippen LogP contribution >= 0.6 is 0 Å². The summed E-state index contributed by atoms with van der Waals surface area (Å²) in [4.78, 5) is 23.7. The molecule has 0 saturated carbocycles. The average molecular weight is 245 g/mol. The number of hydrogen-bond acceptors (Lipinski definition) is 4. The second-order valence-corrected chi connectivity index (χ2v) is 4.75. The molecule has 0 aromatic rings. The average Bonchev–Trinajstić information content (AvgIpc) is 2.57. The van der Waals surface area contributed by atoms with Gasteiger partial charge < -0.3 is 19.8 Å². The lowest BCUT2D eigenvalue weighted by molar-refractivity contribution is -0.141. The van der Waals surface area contributed by atoms with Crippen LogP contribution in [0.3, 0.4) is 0 Å². The van der Waals surface area contributed by atoms with Crippen LogP contribution < -0.4 is 0 Å². The van der Waals surface area contributed by atoms with Gasteiger partial charge in [-0.2, -0.15) is 0 Å². The zero-order chi connectivity index (χ0) is 13.1. The van der Waals surface area contributed by atoms with Crippen molar-refractivity contribution < 1.29 is 24.5 Å². The summed E-state index contributed by atoms with van der Waals surface area (Å²) in [6, 6.07) is 0. The Morgan fingerprint density at radius 3 is 2.76 bits per heavy atom. The molecule has 0 spiro atoms. The van der Waals surface area contributed by atoms with E-state index in [1.54, 1.807) is 6.92 Å². The van der Waals surface area contributed by atoms with E-state index in [9.17, 15) is 14.7 Å². The number of nitrogens with zero attached hydrogens (tertiary/aromatic N) is 1. The maximum absolute atomic E-state index is 11.6. The molecule has 1 heterocycles. The fourth-order valence-corrected chi connectivity index (χ4v) is 1.90. The molecule has 0 bridgehead atoms. The van der Waals surface area contributed by atoms with E-state index in [0.29, 0.717) is 13.0 Å². The van der Waals surface area contributed by atoms with Crippen LogP contribution in [0.4, 0.5) is 0 Å². The highest BCUT2D eigenvalue weighted by Gasteiger charge is 2.37. The molecule has 2 N–H and O–H groups in total. The molecule has 0 aromatic carbocycles. The molecule has 1 aliphatic rings. The largest absolute Gasteiger partial charge is 0.481 e. The smallest absolute Gasteiger partial charge is 0.308 e. The Morgan fingerprint density at radius 1 is 1.65 bits per heavy atom. The van der Waals surface area contributed by atoms with Crippen LogP contribution in [0.5, 0.6) is 0 Å². The molecule has 2 unspecified atom stereocenters. The van der Waals surface area contributed by atoms with Crippen molar-refractivity contribution in [3.05, 3.63) is 0 Å². The van der Waals surface area contributed by atoms with Gasteiger partial charge in [-0.1, -0.05) is 0 Å². The Labute approximate surface area is 100 Å². The Morgan fingerprint density at radius 2 is 2.29 bits per heavy atom. The first-order chi connectivity index (χ1) is 7.85. The zero-order valence-electron chi connectivity index (χ0n) is 10.2. The summed E-state index contributed by atoms with van der Waals surface area (Å²) in [6.45, 7) is 2.35. The quantitative estimate of drug-likeness (QED) is 0.671. The van der Waals surface area contributed by atoms with E-state index in [0.717, 1.165) is 0 Å². The van der Waals surface area contributed by atoms with Crippen molar-refractivity contribution in [2.75, 3.05) is 26.8 Å². The molecular weight excluding hydrogens is 226 g/mol. The minimum atomic E-state index is -1.04. The summed E-state index contributed by atoms with van der Waals surface area (Å²) in [5.41, 5.74) is -1.04. The first kappa shape index (κ1) is 13.9. The zero-order valence-corrected chi connectivity index (χ0v) is 10.2. The summed E-state index contributed by atoms with van der Waals surface area (Å²) in [5.74, 6) is -1.83. The molecule has 1 rings (SSSR count). The summed E-state index contributed by atoms with van der Waals surface area (Å²) in [5, 5.41) is 18.9. The number of likely N-dealkylation sites (tertiary alicyclic amines) is 1. The van der Waals surface area contributed by atoms with E-state index in [1.165, 1.54) is 12.0 Å². The van der Waals surface area contributed by atoms with Crippen molar-refractivity contribution >= 4 is 11.9 Å². The third-order valence-corrected chi connectivity index (χ3v) is 2.94. The van der Waals surface area contributed by atoms with E-state index in [1.807, 2.05) is 0 Å². The van der Waals surface area contributed by atoms with E-state index >= 15 is 0 Å². The Balaban J connectivity index is 2.51. The van der Waals surface area contributed by atoms with E-state index in [4.69, 9.17) is 9.84 Å². The summed E-state index contributed by atoms with van der Waals surface area (Å²) in [6.07, 6.45) is 0.431. The van der Waals surface area contributed by atoms with Crippen molar-refractivity contribution in [3.8, 4) is 0 Å². The van der Waals surface area contributed by atoms with Gasteiger partial charge in [0.05, 0.1) is 11.5 Å². The number of hydrogen-bond donors (Lipinski definition) is 2. The normalized spacial score (nSPS) is 23.8. The number of aliphatic hydroxyl groups is 1. The Hall–Kier alpha value is -1.14. The van der Waals surface area contributed by atoms with Crippen molar-refractivity contribution in [1.29, 1.82) is 0 Å². The van der Waals surface area contributed by atoms with E-state index in [-0.39, 0.29) is 25.4 Å². The molecule has 0 aliphatic carbocycles. The molecule has 0 aromatic heterocycles. The van der Waals surface area contributed by atoms with Gasteiger partial charge >= 0.3 is 5.97 Å². The van der Waals surface area contributed by atoms with Gasteiger partial charge in [-0.25, -0.2) is 0 Å². The number of carboxylic acids is 1. The number of carboxylic acid groups (broad SMARTS) is 1. The Kier molecular flexibility index (Phi) is 4.47. The van der Waals surface area contributed by atoms with Gasteiger partial charge in [0, 0.05) is 39.6 Å². The SMILES string of the molecule is COCCC(C)(O)CN1CC(C(=O)O)CC1=O. The van der Waals surface area contributed by atoms with Crippen LogP contribution in [0.15, 0.2) is 0 Å². The van der Waals surface area contributed by atoms with Gasteiger partial charge in [0.2, 0.25) is 5.91 Å². The highest BCUT2D eigenvalue weighted by Crippen LogP contribution is 2.21. The maximum Gasteiger partial charge on any atom is 0.308 e. The van der Waals surface area contributed by atoms with Crippen LogP contribution in [0, 0.1) is 5.92 Å². The molecule has 98 valence electrons. The van der Waals surface area contributed by atoms with E-state index in [2.05, 4.69) is 0 Å². The molecular formula is C11H19NO5. The lowest BCUT2D eigenvalue weighted by Crippen LogP contribution is -2.42. The highest BCUT2D eigenvalue weighted by molar-refractivity contribution is 5.86. The predicted molar refractivity (Wildman–Crippen MR) is 59.4 cm³/mol.